The number of ketones is 1. The summed E-state index contributed by atoms with van der Waals surface area (Å²) in [7, 11) is 0. The molecule has 0 saturated carbocycles. The second kappa shape index (κ2) is 4.58. The molecule has 2 aromatic rings. The van der Waals surface area contributed by atoms with Crippen LogP contribution in [0.4, 0.5) is 0 Å². The maximum absolute atomic E-state index is 12.1. The van der Waals surface area contributed by atoms with Crippen LogP contribution in [0.2, 0.25) is 9.36 Å². The van der Waals surface area contributed by atoms with Crippen LogP contribution >= 0.6 is 34.5 Å². The molecule has 82 valence electrons. The summed E-state index contributed by atoms with van der Waals surface area (Å²) in [4.78, 5) is 12.7. The summed E-state index contributed by atoms with van der Waals surface area (Å²) in [5.74, 6) is -0.0394. The Morgan fingerprint density at radius 1 is 1.19 bits per heavy atom. The molecule has 16 heavy (non-hydrogen) atoms. The van der Waals surface area contributed by atoms with Crippen molar-refractivity contribution in [2.75, 3.05) is 0 Å². The van der Waals surface area contributed by atoms with Gasteiger partial charge in [-0.05, 0) is 42.8 Å². The van der Waals surface area contributed by atoms with E-state index in [9.17, 15) is 4.79 Å². The Morgan fingerprint density at radius 2 is 1.94 bits per heavy atom. The van der Waals surface area contributed by atoms with Gasteiger partial charge in [-0.1, -0.05) is 23.2 Å². The lowest BCUT2D eigenvalue weighted by atomic mass is 10.1. The van der Waals surface area contributed by atoms with Gasteiger partial charge in [0.25, 0.3) is 0 Å². The Hall–Kier alpha value is -0.830. The van der Waals surface area contributed by atoms with Gasteiger partial charge in [-0.2, -0.15) is 0 Å². The fraction of sp³-hybridized carbons (Fsp3) is 0.0833. The van der Waals surface area contributed by atoms with Crippen molar-refractivity contribution in [2.24, 2.45) is 0 Å². The van der Waals surface area contributed by atoms with Gasteiger partial charge in [0.2, 0.25) is 5.78 Å². The van der Waals surface area contributed by atoms with E-state index < -0.39 is 0 Å². The fourth-order valence-electron chi connectivity index (χ4n) is 1.45. The molecule has 0 aliphatic heterocycles. The topological polar surface area (TPSA) is 17.1 Å². The molecule has 1 aromatic heterocycles. The largest absolute Gasteiger partial charge is 0.288 e. The highest BCUT2D eigenvalue weighted by Crippen LogP contribution is 2.25. The minimum Gasteiger partial charge on any atom is -0.288 e. The van der Waals surface area contributed by atoms with Crippen LogP contribution in [0.5, 0.6) is 0 Å². The molecule has 0 unspecified atom stereocenters. The van der Waals surface area contributed by atoms with Gasteiger partial charge in [0.15, 0.2) is 0 Å². The maximum Gasteiger partial charge on any atom is 0.203 e. The van der Waals surface area contributed by atoms with Crippen molar-refractivity contribution in [3.8, 4) is 0 Å². The van der Waals surface area contributed by atoms with Crippen LogP contribution in [0.1, 0.15) is 20.8 Å². The van der Waals surface area contributed by atoms with E-state index in [0.29, 0.717) is 19.8 Å². The molecule has 4 heteroatoms. The molecule has 0 spiro atoms. The van der Waals surface area contributed by atoms with Gasteiger partial charge in [-0.15, -0.1) is 11.3 Å². The molecule has 0 bridgehead atoms. The van der Waals surface area contributed by atoms with Crippen molar-refractivity contribution < 1.29 is 4.79 Å². The highest BCUT2D eigenvalue weighted by molar-refractivity contribution is 7.18. The highest BCUT2D eigenvalue weighted by Gasteiger charge is 2.12. The molecule has 0 radical (unpaired) electrons. The van der Waals surface area contributed by atoms with Crippen LogP contribution in [-0.4, -0.2) is 5.78 Å². The smallest absolute Gasteiger partial charge is 0.203 e. The number of benzene rings is 1. The van der Waals surface area contributed by atoms with Gasteiger partial charge >= 0.3 is 0 Å². The average Bonchev–Trinajstić information content (AvgIpc) is 2.62. The SMILES string of the molecule is Cc1cc(Cl)cc(C(=O)c2ccc(Cl)s2)c1. The first-order valence-electron chi connectivity index (χ1n) is 4.63. The van der Waals surface area contributed by atoms with Crippen molar-refractivity contribution in [1.29, 1.82) is 0 Å². The lowest BCUT2D eigenvalue weighted by molar-refractivity contribution is 0.104. The van der Waals surface area contributed by atoms with Gasteiger partial charge < -0.3 is 0 Å². The molecule has 0 N–H and O–H groups in total. The van der Waals surface area contributed by atoms with E-state index in [4.69, 9.17) is 23.2 Å². The minimum absolute atomic E-state index is 0.0394. The monoisotopic (exact) mass is 270 g/mol. The van der Waals surface area contributed by atoms with Crippen molar-refractivity contribution in [3.05, 3.63) is 55.7 Å². The minimum atomic E-state index is -0.0394. The fourth-order valence-corrected chi connectivity index (χ4v) is 2.74. The Bertz CT molecular complexity index is 525. The van der Waals surface area contributed by atoms with Crippen LogP contribution in [0.25, 0.3) is 0 Å². The van der Waals surface area contributed by atoms with E-state index in [1.54, 1.807) is 18.2 Å². The summed E-state index contributed by atoms with van der Waals surface area (Å²) in [5.41, 5.74) is 1.57. The van der Waals surface area contributed by atoms with Crippen molar-refractivity contribution >= 4 is 40.3 Å². The van der Waals surface area contributed by atoms with Gasteiger partial charge in [0.1, 0.15) is 0 Å². The van der Waals surface area contributed by atoms with Gasteiger partial charge in [0, 0.05) is 10.6 Å². The molecule has 0 atom stereocenters. The molecular formula is C12H8Cl2OS. The molecule has 0 fully saturated rings. The third kappa shape index (κ3) is 2.46. The van der Waals surface area contributed by atoms with E-state index in [1.165, 1.54) is 11.3 Å². The normalized spacial score (nSPS) is 10.4. The summed E-state index contributed by atoms with van der Waals surface area (Å²) in [5, 5.41) is 0.575. The molecule has 2 rings (SSSR count). The first kappa shape index (κ1) is 11.6. The Labute approximate surface area is 108 Å². The third-order valence-electron chi connectivity index (χ3n) is 2.10. The van der Waals surface area contributed by atoms with Crippen LogP contribution in [0.15, 0.2) is 30.3 Å². The summed E-state index contributed by atoms with van der Waals surface area (Å²) >= 11 is 13.0. The second-order valence-electron chi connectivity index (χ2n) is 3.45. The number of carbonyl (C=O) groups is 1. The van der Waals surface area contributed by atoms with E-state index in [0.717, 1.165) is 5.56 Å². The standard InChI is InChI=1S/C12H8Cl2OS/c1-7-4-8(6-9(13)5-7)12(15)10-2-3-11(14)16-10/h2-6H,1H3. The molecule has 1 nitrogen and oxygen atoms in total. The summed E-state index contributed by atoms with van der Waals surface area (Å²) < 4.78 is 0.613. The van der Waals surface area contributed by atoms with Crippen LogP contribution in [0, 0.1) is 6.92 Å². The van der Waals surface area contributed by atoms with Crippen molar-refractivity contribution in [1.82, 2.24) is 0 Å². The lowest BCUT2D eigenvalue weighted by Gasteiger charge is -2.01. The van der Waals surface area contributed by atoms with E-state index in [2.05, 4.69) is 0 Å². The zero-order valence-electron chi connectivity index (χ0n) is 8.46. The molecule has 1 aromatic carbocycles. The predicted octanol–water partition coefficient (Wildman–Crippen LogP) is 4.59. The van der Waals surface area contributed by atoms with Gasteiger partial charge in [0.05, 0.1) is 9.21 Å². The maximum atomic E-state index is 12.1. The third-order valence-corrected chi connectivity index (χ3v) is 3.55. The molecule has 0 saturated heterocycles. The Morgan fingerprint density at radius 3 is 2.50 bits per heavy atom. The quantitative estimate of drug-likeness (QED) is 0.730. The summed E-state index contributed by atoms with van der Waals surface area (Å²) in [6.45, 7) is 1.91. The molecular weight excluding hydrogens is 263 g/mol. The van der Waals surface area contributed by atoms with E-state index >= 15 is 0 Å². The zero-order chi connectivity index (χ0) is 11.7. The van der Waals surface area contributed by atoms with Crippen molar-refractivity contribution in [3.63, 3.8) is 0 Å². The first-order chi connectivity index (χ1) is 7.56. The van der Waals surface area contributed by atoms with Crippen LogP contribution < -0.4 is 0 Å². The van der Waals surface area contributed by atoms with E-state index in [1.807, 2.05) is 19.1 Å². The first-order valence-corrected chi connectivity index (χ1v) is 6.21. The predicted molar refractivity (Wildman–Crippen MR) is 69.0 cm³/mol. The number of hydrogen-bond acceptors (Lipinski definition) is 2. The van der Waals surface area contributed by atoms with Crippen LogP contribution in [0.3, 0.4) is 0 Å². The number of hydrogen-bond donors (Lipinski definition) is 0. The Kier molecular flexibility index (Phi) is 3.33. The molecule has 1 heterocycles. The highest BCUT2D eigenvalue weighted by atomic mass is 35.5. The number of thiophene rings is 1. The lowest BCUT2D eigenvalue weighted by Crippen LogP contribution is -1.98. The summed E-state index contributed by atoms with van der Waals surface area (Å²) in [6.07, 6.45) is 0. The van der Waals surface area contributed by atoms with E-state index in [-0.39, 0.29) is 5.78 Å². The molecule has 0 amide bonds. The zero-order valence-corrected chi connectivity index (χ0v) is 10.8. The number of halogens is 2. The van der Waals surface area contributed by atoms with Gasteiger partial charge in [-0.3, -0.25) is 4.79 Å². The van der Waals surface area contributed by atoms with Crippen molar-refractivity contribution in [2.45, 2.75) is 6.92 Å². The number of aryl methyl sites for hydroxylation is 1. The average molecular weight is 271 g/mol. The summed E-state index contributed by atoms with van der Waals surface area (Å²) in [6, 6.07) is 8.76. The molecule has 0 aliphatic rings. The number of rotatable bonds is 2. The number of carbonyl (C=O) groups excluding carboxylic acids is 1. The Balaban J connectivity index is 2.41. The second-order valence-corrected chi connectivity index (χ2v) is 5.60. The van der Waals surface area contributed by atoms with Gasteiger partial charge in [-0.25, -0.2) is 0 Å². The molecule has 0 aliphatic carbocycles. The van der Waals surface area contributed by atoms with Crippen LogP contribution in [-0.2, 0) is 0 Å².